The first-order valence-electron chi connectivity index (χ1n) is 9.09. The Balaban J connectivity index is 1.82. The largest absolute Gasteiger partial charge is 0.466 e. The van der Waals surface area contributed by atoms with Crippen LogP contribution in [0.25, 0.3) is 0 Å². The van der Waals surface area contributed by atoms with Gasteiger partial charge in [-0.25, -0.2) is 0 Å². The van der Waals surface area contributed by atoms with Gasteiger partial charge in [-0.15, -0.1) is 0 Å². The molecule has 0 bridgehead atoms. The molecule has 0 aromatic heterocycles. The van der Waals surface area contributed by atoms with E-state index in [1.54, 1.807) is 11.8 Å². The quantitative estimate of drug-likeness (QED) is 0.335. The molecule has 0 radical (unpaired) electrons. The molecular weight excluding hydrogens is 366 g/mol. The second-order valence-corrected chi connectivity index (χ2v) is 6.76. The SMILES string of the molecule is CCOC(=O)C1CCN(C(=O)/C(C#N)=C\NCCc2cccc(Cl)c2)CC1. The van der Waals surface area contributed by atoms with Gasteiger partial charge in [0.25, 0.3) is 5.91 Å². The number of likely N-dealkylation sites (tertiary alicyclic amines) is 1. The van der Waals surface area contributed by atoms with Crippen molar-refractivity contribution in [2.75, 3.05) is 26.2 Å². The first-order chi connectivity index (χ1) is 13.0. The molecule has 0 aliphatic carbocycles. The summed E-state index contributed by atoms with van der Waals surface area (Å²) in [6, 6.07) is 9.52. The summed E-state index contributed by atoms with van der Waals surface area (Å²) in [5.41, 5.74) is 1.14. The summed E-state index contributed by atoms with van der Waals surface area (Å²) < 4.78 is 5.03. The Morgan fingerprint density at radius 1 is 1.41 bits per heavy atom. The molecule has 1 fully saturated rings. The fraction of sp³-hybridized carbons (Fsp3) is 0.450. The monoisotopic (exact) mass is 389 g/mol. The lowest BCUT2D eigenvalue weighted by Gasteiger charge is -2.30. The van der Waals surface area contributed by atoms with Crippen LogP contribution >= 0.6 is 11.6 Å². The molecule has 2 rings (SSSR count). The highest BCUT2D eigenvalue weighted by molar-refractivity contribution is 6.30. The van der Waals surface area contributed by atoms with Gasteiger partial charge in [-0.3, -0.25) is 9.59 Å². The van der Waals surface area contributed by atoms with E-state index in [0.717, 1.165) is 12.0 Å². The van der Waals surface area contributed by atoms with Crippen LogP contribution in [0.2, 0.25) is 5.02 Å². The second-order valence-electron chi connectivity index (χ2n) is 6.32. The summed E-state index contributed by atoms with van der Waals surface area (Å²) in [4.78, 5) is 25.9. The van der Waals surface area contributed by atoms with E-state index < -0.39 is 0 Å². The van der Waals surface area contributed by atoms with Crippen molar-refractivity contribution in [3.05, 3.63) is 46.6 Å². The number of nitriles is 1. The van der Waals surface area contributed by atoms with Gasteiger partial charge in [-0.2, -0.15) is 5.26 Å². The number of amides is 1. The molecule has 144 valence electrons. The van der Waals surface area contributed by atoms with E-state index in [-0.39, 0.29) is 23.4 Å². The normalized spacial score (nSPS) is 15.1. The zero-order chi connectivity index (χ0) is 19.6. The van der Waals surface area contributed by atoms with Crippen molar-refractivity contribution in [1.82, 2.24) is 10.2 Å². The zero-order valence-electron chi connectivity index (χ0n) is 15.4. The molecule has 1 aliphatic rings. The predicted molar refractivity (Wildman–Crippen MR) is 103 cm³/mol. The van der Waals surface area contributed by atoms with E-state index in [9.17, 15) is 14.9 Å². The van der Waals surface area contributed by atoms with E-state index in [1.807, 2.05) is 30.3 Å². The number of hydrogen-bond acceptors (Lipinski definition) is 5. The fourth-order valence-electron chi connectivity index (χ4n) is 2.97. The number of nitrogens with one attached hydrogen (secondary N) is 1. The van der Waals surface area contributed by atoms with Crippen LogP contribution in [0, 0.1) is 17.2 Å². The molecule has 27 heavy (non-hydrogen) atoms. The number of halogens is 1. The molecule has 1 saturated heterocycles. The van der Waals surface area contributed by atoms with Gasteiger partial charge in [-0.05, 0) is 43.9 Å². The Morgan fingerprint density at radius 3 is 2.78 bits per heavy atom. The van der Waals surface area contributed by atoms with Gasteiger partial charge >= 0.3 is 5.97 Å². The lowest BCUT2D eigenvalue weighted by atomic mass is 9.96. The summed E-state index contributed by atoms with van der Waals surface area (Å²) in [7, 11) is 0. The van der Waals surface area contributed by atoms with Crippen LogP contribution in [0.15, 0.2) is 36.0 Å². The van der Waals surface area contributed by atoms with Crippen LogP contribution < -0.4 is 5.32 Å². The lowest BCUT2D eigenvalue weighted by Crippen LogP contribution is -2.41. The number of ether oxygens (including phenoxy) is 1. The van der Waals surface area contributed by atoms with Gasteiger partial charge in [0.1, 0.15) is 11.6 Å². The van der Waals surface area contributed by atoms with Crippen LogP contribution in [0.5, 0.6) is 0 Å². The van der Waals surface area contributed by atoms with Gasteiger partial charge in [0.15, 0.2) is 0 Å². The molecule has 0 atom stereocenters. The standard InChI is InChI=1S/C20H24ClN3O3/c1-2-27-20(26)16-7-10-24(11-8-16)19(25)17(13-22)14-23-9-6-15-4-3-5-18(21)12-15/h3-5,12,14,16,23H,2,6-11H2,1H3/b17-14-. The van der Waals surface area contributed by atoms with Crippen LogP contribution in [0.4, 0.5) is 0 Å². The molecule has 1 heterocycles. The van der Waals surface area contributed by atoms with E-state index in [2.05, 4.69) is 5.32 Å². The summed E-state index contributed by atoms with van der Waals surface area (Å²) in [6.07, 6.45) is 3.32. The first-order valence-corrected chi connectivity index (χ1v) is 9.47. The average Bonchev–Trinajstić information content (AvgIpc) is 2.68. The highest BCUT2D eigenvalue weighted by Gasteiger charge is 2.29. The number of carbonyl (C=O) groups excluding carboxylic acids is 2. The van der Waals surface area contributed by atoms with Gasteiger partial charge in [0, 0.05) is 30.9 Å². The molecule has 1 aromatic carbocycles. The van der Waals surface area contributed by atoms with Gasteiger partial charge in [0.2, 0.25) is 0 Å². The van der Waals surface area contributed by atoms with Crippen LogP contribution in [0.1, 0.15) is 25.3 Å². The minimum Gasteiger partial charge on any atom is -0.466 e. The van der Waals surface area contributed by atoms with E-state index in [4.69, 9.17) is 16.3 Å². The predicted octanol–water partition coefficient (Wildman–Crippen LogP) is 2.68. The van der Waals surface area contributed by atoms with Gasteiger partial charge in [0.05, 0.1) is 12.5 Å². The number of esters is 1. The van der Waals surface area contributed by atoms with Crippen molar-refractivity contribution in [3.8, 4) is 6.07 Å². The Kier molecular flexibility index (Phi) is 8.15. The fourth-order valence-corrected chi connectivity index (χ4v) is 3.19. The summed E-state index contributed by atoms with van der Waals surface area (Å²) in [5.74, 6) is -0.683. The number of benzene rings is 1. The molecule has 0 saturated carbocycles. The number of carbonyl (C=O) groups is 2. The van der Waals surface area contributed by atoms with Gasteiger partial charge < -0.3 is 15.0 Å². The second kappa shape index (κ2) is 10.6. The summed E-state index contributed by atoms with van der Waals surface area (Å²) in [5, 5.41) is 13.0. The topological polar surface area (TPSA) is 82.4 Å². The minimum atomic E-state index is -0.310. The van der Waals surface area contributed by atoms with E-state index in [1.165, 1.54) is 6.20 Å². The number of nitrogens with zero attached hydrogens (tertiary/aromatic N) is 2. The molecule has 1 amide bonds. The zero-order valence-corrected chi connectivity index (χ0v) is 16.2. The maximum Gasteiger partial charge on any atom is 0.309 e. The third-order valence-electron chi connectivity index (χ3n) is 4.45. The van der Waals surface area contributed by atoms with Crippen molar-refractivity contribution >= 4 is 23.5 Å². The van der Waals surface area contributed by atoms with E-state index >= 15 is 0 Å². The van der Waals surface area contributed by atoms with Crippen LogP contribution in [-0.2, 0) is 20.7 Å². The minimum absolute atomic E-state index is 0.0654. The molecule has 0 spiro atoms. The maximum absolute atomic E-state index is 12.5. The van der Waals surface area contributed by atoms with Crippen molar-refractivity contribution in [3.63, 3.8) is 0 Å². The summed E-state index contributed by atoms with van der Waals surface area (Å²) >= 11 is 5.95. The number of hydrogen-bond donors (Lipinski definition) is 1. The Labute approximate surface area is 164 Å². The van der Waals surface area contributed by atoms with Crippen LogP contribution in [-0.4, -0.2) is 43.0 Å². The highest BCUT2D eigenvalue weighted by Crippen LogP contribution is 2.20. The molecule has 0 unspecified atom stereocenters. The van der Waals surface area contributed by atoms with Gasteiger partial charge in [-0.1, -0.05) is 23.7 Å². The molecule has 1 N–H and O–H groups in total. The third kappa shape index (κ3) is 6.30. The lowest BCUT2D eigenvalue weighted by molar-refractivity contribution is -0.150. The Bertz CT molecular complexity index is 734. The van der Waals surface area contributed by atoms with Crippen LogP contribution in [0.3, 0.4) is 0 Å². The van der Waals surface area contributed by atoms with E-state index in [0.29, 0.717) is 44.1 Å². The third-order valence-corrected chi connectivity index (χ3v) is 4.68. The van der Waals surface area contributed by atoms with Crippen molar-refractivity contribution in [1.29, 1.82) is 5.26 Å². The smallest absolute Gasteiger partial charge is 0.309 e. The highest BCUT2D eigenvalue weighted by atomic mass is 35.5. The number of piperidine rings is 1. The molecular formula is C20H24ClN3O3. The van der Waals surface area contributed by atoms with Crippen molar-refractivity contribution in [2.24, 2.45) is 5.92 Å². The Morgan fingerprint density at radius 2 is 2.15 bits per heavy atom. The molecule has 6 nitrogen and oxygen atoms in total. The average molecular weight is 390 g/mol. The molecule has 7 heteroatoms. The van der Waals surface area contributed by atoms with Crippen molar-refractivity contribution in [2.45, 2.75) is 26.2 Å². The summed E-state index contributed by atoms with van der Waals surface area (Å²) in [6.45, 7) is 3.62. The maximum atomic E-state index is 12.5. The molecule has 1 aromatic rings. The molecule has 1 aliphatic heterocycles. The Hall–Kier alpha value is -2.52. The first kappa shape index (κ1) is 20.8. The van der Waals surface area contributed by atoms with Crippen molar-refractivity contribution < 1.29 is 14.3 Å². The number of rotatable bonds is 7.